The van der Waals surface area contributed by atoms with Crippen LogP contribution < -0.4 is 0 Å². The van der Waals surface area contributed by atoms with Crippen LogP contribution in [0.25, 0.3) is 0 Å². The molecule has 0 radical (unpaired) electrons. The highest BCUT2D eigenvalue weighted by molar-refractivity contribution is 6.89. The van der Waals surface area contributed by atoms with E-state index in [-0.39, 0.29) is 6.42 Å². The third-order valence-electron chi connectivity index (χ3n) is 3.13. The van der Waals surface area contributed by atoms with Crippen LogP contribution in [0, 0.1) is 5.92 Å². The van der Waals surface area contributed by atoms with E-state index in [0.717, 1.165) is 0 Å². The smallest absolute Gasteiger partial charge is 0.391 e. The number of hydrogen-bond donors (Lipinski definition) is 0. The molecule has 0 aliphatic carbocycles. The van der Waals surface area contributed by atoms with E-state index in [9.17, 15) is 13.2 Å². The van der Waals surface area contributed by atoms with Crippen molar-refractivity contribution in [2.24, 2.45) is 5.92 Å². The van der Waals surface area contributed by atoms with E-state index in [2.05, 4.69) is 19.6 Å². The molecule has 0 saturated heterocycles. The van der Waals surface area contributed by atoms with Crippen LogP contribution in [0.1, 0.15) is 13.3 Å². The van der Waals surface area contributed by atoms with E-state index in [1.165, 1.54) is 6.92 Å². The monoisotopic (exact) mass is 458 g/mol. The van der Waals surface area contributed by atoms with Gasteiger partial charge < -0.3 is 12.3 Å². The summed E-state index contributed by atoms with van der Waals surface area (Å²) in [5.74, 6) is -1.35. The second-order valence-electron chi connectivity index (χ2n) is 9.05. The van der Waals surface area contributed by atoms with Crippen molar-refractivity contribution in [2.45, 2.75) is 84.5 Å². The van der Waals surface area contributed by atoms with E-state index < -0.39 is 45.9 Å². The fourth-order valence-corrected chi connectivity index (χ4v) is 20.8. The normalized spacial score (nSPS) is 17.2. The molecule has 0 heterocycles. The van der Waals surface area contributed by atoms with Gasteiger partial charge in [0.25, 0.3) is 0 Å². The Morgan fingerprint density at radius 1 is 0.731 bits per heavy atom. The zero-order chi connectivity index (χ0) is 21.6. The maximum Gasteiger partial charge on any atom is 0.391 e. The molecule has 0 rings (SSSR count). The molecule has 0 fully saturated rings. The molecule has 0 aromatic carbocycles. The van der Waals surface area contributed by atoms with Gasteiger partial charge in [0.05, 0.1) is 5.92 Å². The minimum Gasteiger partial charge on any atom is -0.437 e. The van der Waals surface area contributed by atoms with Crippen LogP contribution in [-0.2, 0) is 12.3 Å². The molecule has 2 unspecified atom stereocenters. The topological polar surface area (TPSA) is 27.7 Å². The van der Waals surface area contributed by atoms with Gasteiger partial charge in [-0.1, -0.05) is 6.92 Å². The predicted molar refractivity (Wildman–Crippen MR) is 106 cm³/mol. The standard InChI is InChI=1S/C14H35F3O3Si4.F2/c1-13(14(15,16)17)11-12-24(10,19-22(5,6)7)20-23(8,9)18-21(2,3)4;1-2/h13H,11-12H2,1-10H3;. The Morgan fingerprint density at radius 2 is 1.12 bits per heavy atom. The molecule has 0 spiro atoms. The summed E-state index contributed by atoms with van der Waals surface area (Å²) < 4.78 is 73.4. The van der Waals surface area contributed by atoms with Crippen molar-refractivity contribution in [1.29, 1.82) is 0 Å². The minimum atomic E-state index is -4.17. The van der Waals surface area contributed by atoms with Gasteiger partial charge in [-0.05, 0) is 71.4 Å². The summed E-state index contributed by atoms with van der Waals surface area (Å²) in [5, 5.41) is 0. The van der Waals surface area contributed by atoms with Gasteiger partial charge >= 0.3 is 23.3 Å². The second-order valence-corrected chi connectivity index (χ2v) is 25.5. The van der Waals surface area contributed by atoms with Crippen molar-refractivity contribution in [2.75, 3.05) is 0 Å². The van der Waals surface area contributed by atoms with Crippen molar-refractivity contribution < 1.29 is 34.7 Å². The van der Waals surface area contributed by atoms with Crippen LogP contribution in [-0.4, -0.2) is 39.9 Å². The van der Waals surface area contributed by atoms with Crippen molar-refractivity contribution in [1.82, 2.24) is 0 Å². The third kappa shape index (κ3) is 14.5. The van der Waals surface area contributed by atoms with Gasteiger partial charge in [0.1, 0.15) is 0 Å². The lowest BCUT2D eigenvalue weighted by atomic mass is 10.1. The molecule has 0 aliphatic rings. The lowest BCUT2D eigenvalue weighted by molar-refractivity contribution is -0.170. The molecule has 0 bridgehead atoms. The third-order valence-corrected chi connectivity index (χ3v) is 16.6. The first-order valence-corrected chi connectivity index (χ1v) is 20.7. The Labute approximate surface area is 159 Å². The molecule has 0 N–H and O–H groups in total. The van der Waals surface area contributed by atoms with E-state index in [1.807, 2.05) is 39.3 Å². The average molecular weight is 459 g/mol. The zero-order valence-electron chi connectivity index (χ0n) is 17.6. The summed E-state index contributed by atoms with van der Waals surface area (Å²) in [4.78, 5) is 0. The Hall–Kier alpha value is 0.398. The first kappa shape index (κ1) is 28.6. The lowest BCUT2D eigenvalue weighted by Crippen LogP contribution is -2.57. The molecule has 0 saturated carbocycles. The van der Waals surface area contributed by atoms with Gasteiger partial charge in [-0.25, -0.2) is 0 Å². The number of alkyl halides is 3. The molecule has 0 amide bonds. The molecule has 160 valence electrons. The molecule has 2 atom stereocenters. The quantitative estimate of drug-likeness (QED) is 0.277. The summed E-state index contributed by atoms with van der Waals surface area (Å²) in [6.07, 6.45) is -4.13. The van der Waals surface area contributed by atoms with Crippen molar-refractivity contribution in [3.05, 3.63) is 0 Å². The van der Waals surface area contributed by atoms with Crippen molar-refractivity contribution >= 4 is 33.8 Å². The minimum absolute atomic E-state index is 0.0358. The highest BCUT2D eigenvalue weighted by Crippen LogP contribution is 2.34. The molecular weight excluding hydrogens is 423 g/mol. The van der Waals surface area contributed by atoms with Crippen molar-refractivity contribution in [3.63, 3.8) is 0 Å². The predicted octanol–water partition coefficient (Wildman–Crippen LogP) is 6.91. The van der Waals surface area contributed by atoms with Crippen molar-refractivity contribution in [3.8, 4) is 0 Å². The van der Waals surface area contributed by atoms with Gasteiger partial charge in [0.2, 0.25) is 0 Å². The summed E-state index contributed by atoms with van der Waals surface area (Å²) in [7, 11) is -8.92. The van der Waals surface area contributed by atoms with Crippen LogP contribution in [0.2, 0.25) is 65.0 Å². The number of hydrogen-bond acceptors (Lipinski definition) is 3. The first-order valence-electron chi connectivity index (χ1n) is 8.56. The highest BCUT2D eigenvalue weighted by Gasteiger charge is 2.46. The Bertz CT molecular complexity index is 411. The van der Waals surface area contributed by atoms with E-state index in [1.54, 1.807) is 0 Å². The van der Waals surface area contributed by atoms with Gasteiger partial charge in [-0.15, -0.1) is 0 Å². The van der Waals surface area contributed by atoms with Gasteiger partial charge in [-0.2, -0.15) is 13.2 Å². The average Bonchev–Trinajstić information content (AvgIpc) is 2.30. The molecule has 0 aromatic rings. The first-order chi connectivity index (χ1) is 11.2. The van der Waals surface area contributed by atoms with E-state index in [4.69, 9.17) is 21.5 Å². The fraction of sp³-hybridized carbons (Fsp3) is 1.00. The van der Waals surface area contributed by atoms with E-state index in [0.29, 0.717) is 6.04 Å². The van der Waals surface area contributed by atoms with Gasteiger partial charge in [-0.3, -0.25) is 0 Å². The Morgan fingerprint density at radius 3 is 1.42 bits per heavy atom. The molecule has 0 aromatic heterocycles. The Kier molecular flexibility index (Phi) is 11.3. The summed E-state index contributed by atoms with van der Waals surface area (Å²) in [6.45, 7) is 19.5. The van der Waals surface area contributed by atoms with E-state index >= 15 is 0 Å². The Balaban J connectivity index is 0. The summed E-state index contributed by atoms with van der Waals surface area (Å²) >= 11 is 0. The number of rotatable bonds is 9. The van der Waals surface area contributed by atoms with Crippen LogP contribution in [0.3, 0.4) is 0 Å². The highest BCUT2D eigenvalue weighted by atomic mass is 28.5. The van der Waals surface area contributed by atoms with Crippen LogP contribution in [0.4, 0.5) is 22.3 Å². The molecule has 26 heavy (non-hydrogen) atoms. The maximum atomic E-state index is 12.9. The van der Waals surface area contributed by atoms with Gasteiger partial charge in [0, 0.05) is 9.15 Å². The SMILES string of the molecule is CC(CC[Si](C)(O[Si](C)(C)C)O[Si](C)(C)O[Si](C)(C)C)C(F)(F)F.FF. The zero-order valence-corrected chi connectivity index (χ0v) is 21.6. The molecule has 12 heteroatoms. The number of halogens is 5. The molecule has 0 aliphatic heterocycles. The summed E-state index contributed by atoms with van der Waals surface area (Å²) in [5.41, 5.74) is 0. The lowest BCUT2D eigenvalue weighted by Gasteiger charge is -2.41. The molecular formula is C14H35F5O3Si4. The van der Waals surface area contributed by atoms with Crippen LogP contribution >= 0.6 is 0 Å². The maximum absolute atomic E-state index is 12.9. The van der Waals surface area contributed by atoms with Crippen LogP contribution in [0.5, 0.6) is 0 Å². The second kappa shape index (κ2) is 10.3. The largest absolute Gasteiger partial charge is 0.437 e. The van der Waals surface area contributed by atoms with Crippen LogP contribution in [0.15, 0.2) is 0 Å². The fourth-order valence-electron chi connectivity index (χ4n) is 2.69. The summed E-state index contributed by atoms with van der Waals surface area (Å²) in [6, 6.07) is 0.337. The van der Waals surface area contributed by atoms with Gasteiger partial charge in [0.15, 0.2) is 16.6 Å². The molecule has 3 nitrogen and oxygen atoms in total.